The first-order chi connectivity index (χ1) is 2.94. The van der Waals surface area contributed by atoms with E-state index in [-0.39, 0.29) is 0 Å². The van der Waals surface area contributed by atoms with Gasteiger partial charge in [0.15, 0.2) is 0 Å². The zero-order valence-electron chi connectivity index (χ0n) is 2.75. The molecule has 0 radical (unpaired) electrons. The van der Waals surface area contributed by atoms with Crippen molar-refractivity contribution in [1.29, 1.82) is 0 Å². The Bertz CT molecular complexity index is 53.6. The van der Waals surface area contributed by atoms with Crippen molar-refractivity contribution in [3.63, 3.8) is 0 Å². The molecule has 0 unspecified atom stereocenters. The van der Waals surface area contributed by atoms with Gasteiger partial charge in [0, 0.05) is 0 Å². The lowest BCUT2D eigenvalue weighted by Crippen LogP contribution is -1.93. The van der Waals surface area contributed by atoms with E-state index in [1.54, 1.807) is 0 Å². The maximum Gasteiger partial charge on any atom is 0.333 e. The van der Waals surface area contributed by atoms with Gasteiger partial charge in [-0.1, -0.05) is 8.96 Å². The molecule has 0 fully saturated rings. The van der Waals surface area contributed by atoms with Crippen LogP contribution in [0.25, 0.3) is 0 Å². The molecule has 0 bridgehead atoms. The first kappa shape index (κ1) is 6.96. The predicted molar refractivity (Wildman–Crippen MR) is 15.0 cm³/mol. The van der Waals surface area contributed by atoms with Crippen LogP contribution >= 0.6 is 11.4 Å². The van der Waals surface area contributed by atoms with E-state index in [0.29, 0.717) is 0 Å². The number of hydrogen-bond acceptors (Lipinski definition) is 1. The molecule has 46 valence electrons. The molecule has 7 heteroatoms. The van der Waals surface area contributed by atoms with Crippen LogP contribution in [0.3, 0.4) is 0 Å². The molecule has 1 nitrogen and oxygen atoms in total. The van der Waals surface area contributed by atoms with Gasteiger partial charge >= 0.3 is 11.4 Å². The van der Waals surface area contributed by atoms with Gasteiger partial charge < -0.3 is 0 Å². The number of rotatable bonds is 1. The molecule has 7 heavy (non-hydrogen) atoms. The van der Waals surface area contributed by atoms with Crippen LogP contribution in [0.15, 0.2) is 0 Å². The summed E-state index contributed by atoms with van der Waals surface area (Å²) in [5.41, 5.74) is 0. The van der Waals surface area contributed by atoms with Crippen LogP contribution < -0.4 is 0 Å². The SMILES string of the molecule is FN(F)S(F)(F)F. The van der Waals surface area contributed by atoms with E-state index in [1.807, 2.05) is 0 Å². The van der Waals surface area contributed by atoms with Crippen LogP contribution in [0.5, 0.6) is 0 Å². The highest BCUT2D eigenvalue weighted by Gasteiger charge is 2.32. The van der Waals surface area contributed by atoms with Crippen molar-refractivity contribution < 1.29 is 20.6 Å². The molecule has 0 saturated carbocycles. The van der Waals surface area contributed by atoms with Crippen LogP contribution in [0.4, 0.5) is 20.6 Å². The minimum Gasteiger partial charge on any atom is -0.105 e. The molecule has 0 aromatic heterocycles. The highest BCUT2D eigenvalue weighted by atomic mass is 32.3. The zero-order chi connectivity index (χ0) is 6.08. The van der Waals surface area contributed by atoms with Crippen LogP contribution in [0.1, 0.15) is 0 Å². The topological polar surface area (TPSA) is 3.24 Å². The number of nitrogens with zero attached hydrogens (tertiary/aromatic N) is 1. The molecular formula is F5NS. The number of halogens is 5. The lowest BCUT2D eigenvalue weighted by Gasteiger charge is -2.05. The Labute approximate surface area is 37.9 Å². The largest absolute Gasteiger partial charge is 0.333 e. The zero-order valence-corrected chi connectivity index (χ0v) is 3.56. The summed E-state index contributed by atoms with van der Waals surface area (Å²) in [5.74, 6) is 0. The Hall–Kier alpha value is -0.0400. The molecule has 0 saturated heterocycles. The number of hydrogen-bond donors (Lipinski definition) is 0. The molecule has 0 heterocycles. The van der Waals surface area contributed by atoms with Crippen molar-refractivity contribution in [2.75, 3.05) is 0 Å². The van der Waals surface area contributed by atoms with Gasteiger partial charge in [-0.2, -0.15) is 0 Å². The van der Waals surface area contributed by atoms with E-state index in [4.69, 9.17) is 0 Å². The smallest absolute Gasteiger partial charge is 0.105 e. The third kappa shape index (κ3) is 2.63. The fourth-order valence-corrected chi connectivity index (χ4v) is 0. The highest BCUT2D eigenvalue weighted by molar-refractivity contribution is 8.18. The second-order valence-corrected chi connectivity index (χ2v) is 1.62. The minimum absolute atomic E-state index is 2.73. The molecule has 0 N–H and O–H groups in total. The fraction of sp³-hybridized carbons (Fsp3) is 0. The summed E-state index contributed by atoms with van der Waals surface area (Å²) >= 11 is -6.24. The summed E-state index contributed by atoms with van der Waals surface area (Å²) in [7, 11) is 0. The standard InChI is InChI=1S/F5NS/c1-6(2)7(3,4)5. The van der Waals surface area contributed by atoms with E-state index < -0.39 is 16.1 Å². The molecule has 0 aromatic carbocycles. The highest BCUT2D eigenvalue weighted by Crippen LogP contribution is 2.56. The lowest BCUT2D eigenvalue weighted by molar-refractivity contribution is -0.0633. The van der Waals surface area contributed by atoms with E-state index in [2.05, 4.69) is 0 Å². The van der Waals surface area contributed by atoms with Crippen LogP contribution in [-0.4, -0.2) is 4.75 Å². The Balaban J connectivity index is 3.54. The molecular weight excluding hydrogens is 141 g/mol. The summed E-state index contributed by atoms with van der Waals surface area (Å²) in [6.07, 6.45) is 0. The molecule has 0 aromatic rings. The molecule has 0 spiro atoms. The second-order valence-electron chi connectivity index (χ2n) is 0.584. The summed E-state index contributed by atoms with van der Waals surface area (Å²) in [6, 6.07) is 0. The summed E-state index contributed by atoms with van der Waals surface area (Å²) in [6.45, 7) is 0. The van der Waals surface area contributed by atoms with E-state index in [0.717, 1.165) is 0 Å². The van der Waals surface area contributed by atoms with Crippen molar-refractivity contribution in [1.82, 2.24) is 4.75 Å². The van der Waals surface area contributed by atoms with E-state index in [9.17, 15) is 20.6 Å². The van der Waals surface area contributed by atoms with Gasteiger partial charge in [-0.3, -0.25) is 0 Å². The average molecular weight is 141 g/mol. The average Bonchev–Trinajstić information content (AvgIpc) is 1.31. The van der Waals surface area contributed by atoms with Crippen molar-refractivity contribution in [2.45, 2.75) is 0 Å². The van der Waals surface area contributed by atoms with Gasteiger partial charge in [-0.15, -0.1) is 11.7 Å². The van der Waals surface area contributed by atoms with Gasteiger partial charge in [-0.05, 0) is 0 Å². The normalized spacial score (nSPS) is 15.1. The fourth-order valence-electron chi connectivity index (χ4n) is 0. The molecule has 0 aliphatic heterocycles. The summed E-state index contributed by atoms with van der Waals surface area (Å²) < 4.78 is 49.2. The van der Waals surface area contributed by atoms with Crippen molar-refractivity contribution in [3.8, 4) is 0 Å². The van der Waals surface area contributed by atoms with Gasteiger partial charge in [0.25, 0.3) is 0 Å². The van der Waals surface area contributed by atoms with Crippen LogP contribution in [-0.2, 0) is 0 Å². The first-order valence-electron chi connectivity index (χ1n) is 0.984. The Kier molecular flexibility index (Phi) is 1.82. The van der Waals surface area contributed by atoms with E-state index in [1.165, 1.54) is 0 Å². The predicted octanol–water partition coefficient (Wildman–Crippen LogP) is 2.43. The lowest BCUT2D eigenvalue weighted by atomic mass is 13.6. The van der Waals surface area contributed by atoms with Crippen molar-refractivity contribution in [2.24, 2.45) is 0 Å². The van der Waals surface area contributed by atoms with Crippen LogP contribution in [0, 0.1) is 0 Å². The minimum atomic E-state index is -6.24. The van der Waals surface area contributed by atoms with Gasteiger partial charge in [0.1, 0.15) is 4.75 Å². The summed E-state index contributed by atoms with van der Waals surface area (Å²) in [5, 5.41) is 0. The van der Waals surface area contributed by atoms with E-state index >= 15 is 0 Å². The monoisotopic (exact) mass is 141 g/mol. The Morgan fingerprint density at radius 2 is 1.14 bits per heavy atom. The van der Waals surface area contributed by atoms with Crippen molar-refractivity contribution >= 4 is 11.4 Å². The third-order valence-electron chi connectivity index (χ3n) is 0.156. The maximum atomic E-state index is 10.4. The molecule has 0 aliphatic rings. The Morgan fingerprint density at radius 1 is 1.00 bits per heavy atom. The summed E-state index contributed by atoms with van der Waals surface area (Å²) in [4.78, 5) is 0. The van der Waals surface area contributed by atoms with Gasteiger partial charge in [-0.25, -0.2) is 0 Å². The maximum absolute atomic E-state index is 10.4. The molecule has 0 aliphatic carbocycles. The molecule has 0 amide bonds. The molecule has 0 atom stereocenters. The van der Waals surface area contributed by atoms with Crippen LogP contribution in [0.2, 0.25) is 0 Å². The first-order valence-corrected chi connectivity index (χ1v) is 2.27. The van der Waals surface area contributed by atoms with Gasteiger partial charge in [0.2, 0.25) is 0 Å². The van der Waals surface area contributed by atoms with Crippen molar-refractivity contribution in [3.05, 3.63) is 0 Å². The quantitative estimate of drug-likeness (QED) is 0.400. The molecule has 0 rings (SSSR count). The third-order valence-corrected chi connectivity index (χ3v) is 0.469. The van der Waals surface area contributed by atoms with Gasteiger partial charge in [0.05, 0.1) is 0 Å². The second kappa shape index (κ2) is 1.83. The Morgan fingerprint density at radius 3 is 1.14 bits per heavy atom.